The lowest BCUT2D eigenvalue weighted by atomic mass is 10.0. The van der Waals surface area contributed by atoms with Crippen LogP contribution in [0.3, 0.4) is 0 Å². The minimum absolute atomic E-state index is 0.0833. The zero-order valence-corrected chi connectivity index (χ0v) is 90.9. The summed E-state index contributed by atoms with van der Waals surface area (Å²) >= 11 is 5.89. The molecule has 0 saturated carbocycles. The highest BCUT2D eigenvalue weighted by atomic mass is 35.5. The van der Waals surface area contributed by atoms with Gasteiger partial charge in [0.15, 0.2) is 0 Å². The van der Waals surface area contributed by atoms with Gasteiger partial charge in [-0.25, -0.2) is 17.6 Å². The van der Waals surface area contributed by atoms with Gasteiger partial charge in [0.25, 0.3) is 0 Å². The van der Waals surface area contributed by atoms with E-state index < -0.39 is 0 Å². The van der Waals surface area contributed by atoms with Crippen LogP contribution in [0.4, 0.5) is 17.6 Å². The Morgan fingerprint density at radius 2 is 0.381 bits per heavy atom. The highest BCUT2D eigenvalue weighted by Crippen LogP contribution is 2.27. The second-order valence-electron chi connectivity index (χ2n) is 39.9. The van der Waals surface area contributed by atoms with E-state index in [9.17, 15) is 17.6 Å². The van der Waals surface area contributed by atoms with Crippen LogP contribution in [0.15, 0.2) is 291 Å². The van der Waals surface area contributed by atoms with Crippen LogP contribution in [0.1, 0.15) is 396 Å². The van der Waals surface area contributed by atoms with Crippen molar-refractivity contribution in [3.8, 4) is 0 Å². The van der Waals surface area contributed by atoms with Gasteiger partial charge in [0.2, 0.25) is 0 Å². The van der Waals surface area contributed by atoms with Gasteiger partial charge < -0.3 is 0 Å². The van der Waals surface area contributed by atoms with Crippen molar-refractivity contribution >= 4 is 11.6 Å². The molecular formula is C129H175ClF4. The van der Waals surface area contributed by atoms with Crippen molar-refractivity contribution in [2.75, 3.05) is 0 Å². The van der Waals surface area contributed by atoms with E-state index >= 15 is 0 Å². The maximum absolute atomic E-state index is 13.1. The van der Waals surface area contributed by atoms with Gasteiger partial charge in [0, 0.05) is 5.02 Å². The Morgan fingerprint density at radius 3 is 0.612 bits per heavy atom. The number of benzene rings is 13. The molecule has 13 aromatic carbocycles. The molecule has 0 atom stereocenters. The van der Waals surface area contributed by atoms with Gasteiger partial charge in [0.1, 0.15) is 23.3 Å². The van der Waals surface area contributed by atoms with Crippen LogP contribution in [0.25, 0.3) is 0 Å². The van der Waals surface area contributed by atoms with Gasteiger partial charge in [-0.15, -0.1) is 0 Å². The number of hydrogen-bond acceptors (Lipinski definition) is 0. The Kier molecular flexibility index (Phi) is 59.6. The fourth-order valence-electron chi connectivity index (χ4n) is 12.9. The molecule has 0 nitrogen and oxygen atoms in total. The van der Waals surface area contributed by atoms with E-state index in [2.05, 4.69) is 408 Å². The smallest absolute Gasteiger partial charge is 0.126 e. The van der Waals surface area contributed by atoms with E-state index in [0.29, 0.717) is 65.1 Å². The summed E-state index contributed by atoms with van der Waals surface area (Å²) < 4.78 is 51.9. The number of halogens is 5. The van der Waals surface area contributed by atoms with Crippen molar-refractivity contribution in [2.45, 2.75) is 340 Å². The van der Waals surface area contributed by atoms with Gasteiger partial charge in [-0.1, -0.05) is 485 Å². The summed E-state index contributed by atoms with van der Waals surface area (Å²) in [6, 6.07) is 99.1. The maximum Gasteiger partial charge on any atom is 0.126 e. The first-order valence-electron chi connectivity index (χ1n) is 49.1. The van der Waals surface area contributed by atoms with Gasteiger partial charge in [-0.3, -0.25) is 0 Å². The molecule has 13 rings (SSSR count). The first kappa shape index (κ1) is 122. The molecule has 0 aromatic heterocycles. The first-order valence-corrected chi connectivity index (χ1v) is 49.4. The average Bonchev–Trinajstić information content (AvgIpc) is 0.720. The zero-order valence-electron chi connectivity index (χ0n) is 90.1. The van der Waals surface area contributed by atoms with Gasteiger partial charge in [-0.2, -0.15) is 0 Å². The van der Waals surface area contributed by atoms with Crippen molar-refractivity contribution in [3.63, 3.8) is 0 Å². The summed E-state index contributed by atoms with van der Waals surface area (Å²) in [4.78, 5) is 0. The molecule has 0 bridgehead atoms. The van der Waals surface area contributed by atoms with E-state index in [1.807, 2.05) is 108 Å². The van der Waals surface area contributed by atoms with E-state index in [1.54, 1.807) is 32.0 Å². The fraction of sp³-hybridized carbons (Fsp3) is 0.395. The van der Waals surface area contributed by atoms with E-state index in [0.717, 1.165) is 44.0 Å². The van der Waals surface area contributed by atoms with Crippen LogP contribution in [0.2, 0.25) is 5.02 Å². The summed E-state index contributed by atoms with van der Waals surface area (Å²) in [5.74, 6) is 6.85. The van der Waals surface area contributed by atoms with Crippen molar-refractivity contribution in [2.24, 2.45) is 0 Å². The number of hydrogen-bond donors (Lipinski definition) is 0. The molecule has 0 aliphatic carbocycles. The quantitative estimate of drug-likeness (QED) is 0.101. The predicted molar refractivity (Wildman–Crippen MR) is 589 cm³/mol. The predicted octanol–water partition coefficient (Wildman–Crippen LogP) is 41.4. The minimum Gasteiger partial charge on any atom is -0.207 e. The second-order valence-corrected chi connectivity index (χ2v) is 40.4. The maximum atomic E-state index is 13.1. The van der Waals surface area contributed by atoms with Crippen LogP contribution < -0.4 is 0 Å². The van der Waals surface area contributed by atoms with E-state index in [-0.39, 0.29) is 35.1 Å². The van der Waals surface area contributed by atoms with Crippen LogP contribution in [0, 0.1) is 106 Å². The molecule has 0 amide bonds. The third kappa shape index (κ3) is 52.7. The molecule has 0 heterocycles. The summed E-state index contributed by atoms with van der Waals surface area (Å²) in [6.45, 7) is 80.3. The highest BCUT2D eigenvalue weighted by Gasteiger charge is 2.10. The molecule has 5 heteroatoms. The first-order chi connectivity index (χ1) is 62.7. The molecule has 0 aliphatic heterocycles. The van der Waals surface area contributed by atoms with Crippen LogP contribution >= 0.6 is 11.6 Å². The molecule has 0 aliphatic rings. The van der Waals surface area contributed by atoms with Gasteiger partial charge in [0.05, 0.1) is 0 Å². The molecule has 726 valence electrons. The summed E-state index contributed by atoms with van der Waals surface area (Å²) in [7, 11) is 0. The van der Waals surface area contributed by atoms with Gasteiger partial charge in [-0.05, 0) is 297 Å². The van der Waals surface area contributed by atoms with E-state index in [4.69, 9.17) is 11.6 Å². The van der Waals surface area contributed by atoms with Gasteiger partial charge >= 0.3 is 0 Å². The fourth-order valence-corrected chi connectivity index (χ4v) is 13.2. The standard InChI is InChI=1S/C10H13Cl.4C10H13F.7C10H14.C9H12/c1-7(2)9-4-8(3)5-10(11)6-9;1-7(2)9-4-5-10(11)8(3)6-9;1-7(2)9-5-4-8(3)10(11)6-9;2*1-7(2)9-5-4-8(3)6-10(9)11;6*1-8(2)10-6-4-9(3)5-7-10;1-8(2)10-6-4-5-9(3)7-10;1-8(2)9-6-4-3-5-7-9/h5*4-7H,1-3H3;7*4-8H,1-3H3;3-8H,1-2H3. The third-order valence-corrected chi connectivity index (χ3v) is 22.9. The van der Waals surface area contributed by atoms with Crippen molar-refractivity contribution in [1.29, 1.82) is 0 Å². The average molecular weight is 1840 g/mol. The Morgan fingerprint density at radius 1 is 0.149 bits per heavy atom. The molecule has 0 unspecified atom stereocenters. The molecular weight excluding hydrogens is 1660 g/mol. The normalized spacial score (nSPS) is 10.5. The Balaban J connectivity index is 0.000000726. The molecule has 0 N–H and O–H groups in total. The van der Waals surface area contributed by atoms with Crippen molar-refractivity contribution in [1.82, 2.24) is 0 Å². The monoisotopic (exact) mass is 1840 g/mol. The molecule has 0 fully saturated rings. The largest absolute Gasteiger partial charge is 0.207 e. The number of aryl methyl sites for hydroxylation is 12. The molecule has 0 spiro atoms. The Hall–Kier alpha value is -10.1. The Bertz CT molecular complexity index is 4750. The van der Waals surface area contributed by atoms with Crippen LogP contribution in [-0.4, -0.2) is 0 Å². The summed E-state index contributed by atoms with van der Waals surface area (Å²) in [5, 5.41) is 0.841. The molecule has 13 aromatic rings. The lowest BCUT2D eigenvalue weighted by molar-refractivity contribution is 0.596. The minimum atomic E-state index is -0.116. The Labute approximate surface area is 822 Å². The zero-order chi connectivity index (χ0) is 102. The SMILES string of the molecule is CC(C)c1ccccc1.Cc1cc(C(C)C)ccc1F.Cc1cc(Cl)cc(C(C)C)c1.Cc1ccc(C(C)C)c(F)c1.Cc1ccc(C(C)C)c(F)c1.Cc1ccc(C(C)C)cc1.Cc1ccc(C(C)C)cc1.Cc1ccc(C(C)C)cc1.Cc1ccc(C(C)C)cc1.Cc1ccc(C(C)C)cc1.Cc1ccc(C(C)C)cc1.Cc1ccc(C(C)C)cc1F.Cc1cccc(C(C)C)c1. The van der Waals surface area contributed by atoms with Crippen LogP contribution in [-0.2, 0) is 0 Å². The van der Waals surface area contributed by atoms with Crippen molar-refractivity contribution < 1.29 is 17.6 Å². The molecule has 0 radical (unpaired) electrons. The third-order valence-electron chi connectivity index (χ3n) is 22.6. The van der Waals surface area contributed by atoms with Crippen molar-refractivity contribution in [3.05, 3.63) is 459 Å². The van der Waals surface area contributed by atoms with E-state index in [1.165, 1.54) is 106 Å². The topological polar surface area (TPSA) is 0 Å². The molecule has 134 heavy (non-hydrogen) atoms. The molecule has 0 saturated heterocycles. The summed E-state index contributed by atoms with van der Waals surface area (Å²) in [5.41, 5.74) is 30.6. The lowest BCUT2D eigenvalue weighted by Gasteiger charge is -2.06. The van der Waals surface area contributed by atoms with Crippen LogP contribution in [0.5, 0.6) is 0 Å². The lowest BCUT2D eigenvalue weighted by Crippen LogP contribution is -1.92. The number of rotatable bonds is 13. The highest BCUT2D eigenvalue weighted by molar-refractivity contribution is 6.30. The summed E-state index contributed by atoms with van der Waals surface area (Å²) in [6.07, 6.45) is 0. The second kappa shape index (κ2) is 65.5.